The summed E-state index contributed by atoms with van der Waals surface area (Å²) >= 11 is 0. The molecule has 0 heterocycles. The fourth-order valence-corrected chi connectivity index (χ4v) is 13.9. The van der Waals surface area contributed by atoms with Gasteiger partial charge in [0.05, 0.1) is 26.4 Å². The van der Waals surface area contributed by atoms with Crippen molar-refractivity contribution in [3.05, 3.63) is 109 Å². The van der Waals surface area contributed by atoms with Crippen LogP contribution in [0.25, 0.3) is 0 Å². The molecule has 0 bridgehead atoms. The van der Waals surface area contributed by atoms with Crippen LogP contribution in [0, 0.1) is 0 Å². The van der Waals surface area contributed by atoms with Crippen LogP contribution in [0.2, 0.25) is 0 Å². The van der Waals surface area contributed by atoms with Crippen molar-refractivity contribution < 1.29 is 75.8 Å². The molecule has 0 saturated carbocycles. The monoisotopic (exact) mass is 1570 g/mol. The Morgan fingerprint density at radius 3 is 0.789 bits per heavy atom. The quantitative estimate of drug-likeness (QED) is 0.0146. The summed E-state index contributed by atoms with van der Waals surface area (Å²) in [4.78, 5) is 58.8. The van der Waals surface area contributed by atoms with Crippen LogP contribution < -0.4 is 0 Å². The molecule has 0 saturated heterocycles. The van der Waals surface area contributed by atoms with E-state index in [1.165, 1.54) is 205 Å². The highest BCUT2D eigenvalue weighted by molar-refractivity contribution is 7.47. The summed E-state index contributed by atoms with van der Waals surface area (Å²) in [5.74, 6) is -1.56. The average Bonchev–Trinajstić information content (AvgIpc) is 0.903. The molecule has 16 nitrogen and oxygen atoms in total. The van der Waals surface area contributed by atoms with Crippen LogP contribution in [0.1, 0.15) is 393 Å². The van der Waals surface area contributed by atoms with E-state index in [1.54, 1.807) is 0 Å². The molecule has 0 rings (SSSR count). The second-order valence-corrected chi connectivity index (χ2v) is 32.6. The molecule has 18 heteroatoms. The summed E-state index contributed by atoms with van der Waals surface area (Å²) in [6.45, 7) is 2.61. The minimum absolute atomic E-state index is 0.108. The van der Waals surface area contributed by atoms with Crippen molar-refractivity contribution >= 4 is 33.6 Å². The molecule has 5 atom stereocenters. The van der Waals surface area contributed by atoms with E-state index in [-0.39, 0.29) is 19.3 Å². The van der Waals surface area contributed by atoms with E-state index < -0.39 is 91.5 Å². The molecular weight excluding hydrogens is 1410 g/mol. The number of carbonyl (C=O) groups is 3. The number of aliphatic hydroxyl groups excluding tert-OH is 2. The highest BCUT2D eigenvalue weighted by Gasteiger charge is 2.29. The molecule has 0 aliphatic rings. The maximum absolute atomic E-state index is 13.0. The van der Waals surface area contributed by atoms with E-state index in [1.807, 2.05) is 0 Å². The Hall–Kier alpha value is -3.79. The molecule has 0 spiro atoms. The summed E-state index contributed by atoms with van der Waals surface area (Å²) in [6.07, 6.45) is 100.0. The number of aliphatic hydroxyl groups is 2. The maximum Gasteiger partial charge on any atom is 0.472 e. The van der Waals surface area contributed by atoms with Gasteiger partial charge >= 0.3 is 33.6 Å². The molecule has 4 N–H and O–H groups in total. The van der Waals surface area contributed by atoms with Crippen molar-refractivity contribution in [2.75, 3.05) is 39.6 Å². The molecule has 0 aliphatic heterocycles. The number of unbranched alkanes of at least 4 members (excludes halogenated alkanes) is 43. The van der Waals surface area contributed by atoms with Crippen LogP contribution in [0.4, 0.5) is 0 Å². The van der Waals surface area contributed by atoms with Gasteiger partial charge in [-0.3, -0.25) is 32.5 Å². The van der Waals surface area contributed by atoms with Crippen molar-refractivity contribution in [1.29, 1.82) is 0 Å². The van der Waals surface area contributed by atoms with Crippen LogP contribution in [0.15, 0.2) is 109 Å². The zero-order valence-electron chi connectivity index (χ0n) is 69.5. The Labute approximate surface area is 666 Å². The van der Waals surface area contributed by atoms with Crippen molar-refractivity contribution in [1.82, 2.24) is 0 Å². The van der Waals surface area contributed by atoms with Crippen LogP contribution in [-0.4, -0.2) is 95.9 Å². The fourth-order valence-electron chi connectivity index (χ4n) is 12.3. The van der Waals surface area contributed by atoms with Gasteiger partial charge < -0.3 is 34.2 Å². The number of hydrogen-bond acceptors (Lipinski definition) is 14. The Morgan fingerprint density at radius 2 is 0.486 bits per heavy atom. The third-order valence-corrected chi connectivity index (χ3v) is 20.9. The van der Waals surface area contributed by atoms with Crippen molar-refractivity contribution in [3.8, 4) is 0 Å². The first-order chi connectivity index (χ1) is 53.2. The minimum atomic E-state index is -4.93. The standard InChI is InChI=1S/C91H162O16P2/c1-4-7-10-13-16-19-22-25-28-30-32-34-36-38-39-40-41-42-43-44-45-47-49-50-52-54-57-59-62-65-68-71-74-77-89(94)101-80-86(92)81-103-108(97,98)104-82-87(93)83-105-109(99,100)106-85-88(107-91(96)79-76-73-70-67-64-61-56-27-24-21-18-15-12-9-6-3)84-102-90(95)78-75-72-69-66-63-60-58-55-53-51-48-46-37-35-33-31-29-26-23-20-17-14-11-8-5-2/h7,10,16-17,19-20,25-26,28-29,32-35,38-39,46,48,86-88,92-93H,4-6,8-9,11-15,18,21-24,27,30-31,36-37,40-45,47,49-85H2,1-3H3,(H,97,98)(H,99,100)/b10-7-,19-16-,20-17-,28-25-,29-26-,34-32-,35-33-,39-38-,48-46-. The van der Waals surface area contributed by atoms with E-state index in [4.69, 9.17) is 32.3 Å². The predicted molar refractivity (Wildman–Crippen MR) is 454 cm³/mol. The van der Waals surface area contributed by atoms with Crippen molar-refractivity contribution in [2.45, 2.75) is 411 Å². The first-order valence-electron chi connectivity index (χ1n) is 44.2. The minimum Gasteiger partial charge on any atom is -0.463 e. The average molecular weight is 1570 g/mol. The van der Waals surface area contributed by atoms with Crippen LogP contribution >= 0.6 is 15.6 Å². The molecule has 0 fully saturated rings. The van der Waals surface area contributed by atoms with Gasteiger partial charge in [-0.05, 0) is 109 Å². The lowest BCUT2D eigenvalue weighted by molar-refractivity contribution is -0.161. The summed E-state index contributed by atoms with van der Waals surface area (Å²) in [5.41, 5.74) is 0. The molecule has 0 radical (unpaired) electrons. The molecule has 0 aromatic carbocycles. The number of esters is 3. The number of hydrogen-bond donors (Lipinski definition) is 4. The first-order valence-corrected chi connectivity index (χ1v) is 47.2. The zero-order valence-corrected chi connectivity index (χ0v) is 71.3. The van der Waals surface area contributed by atoms with Gasteiger partial charge in [0.15, 0.2) is 6.10 Å². The van der Waals surface area contributed by atoms with E-state index in [0.717, 1.165) is 128 Å². The number of carbonyl (C=O) groups excluding carboxylic acids is 3. The Morgan fingerprint density at radius 1 is 0.266 bits per heavy atom. The summed E-state index contributed by atoms with van der Waals surface area (Å²) in [6, 6.07) is 0. The normalized spacial score (nSPS) is 14.4. The molecular formula is C91H162O16P2. The smallest absolute Gasteiger partial charge is 0.463 e. The van der Waals surface area contributed by atoms with Crippen molar-refractivity contribution in [2.24, 2.45) is 0 Å². The second kappa shape index (κ2) is 83.6. The maximum atomic E-state index is 13.0. The SMILES string of the molecule is CC/C=C\C/C=C\C/C=C\C/C=C\C/C=C\CCCCCCCCCCCCCCCCCCCC(=O)OCC(O)COP(=O)(O)OCC(O)COP(=O)(O)OCC(COC(=O)CCCCCCCCCCC/C=C\C/C=C\C/C=C\C/C=C\CCCCC)OC(=O)CCCCCCCCCCCCCCCCC. The third-order valence-electron chi connectivity index (χ3n) is 19.0. The summed E-state index contributed by atoms with van der Waals surface area (Å²) < 4.78 is 61.3. The highest BCUT2D eigenvalue weighted by Crippen LogP contribution is 2.45. The summed E-state index contributed by atoms with van der Waals surface area (Å²) in [5, 5.41) is 20.7. The third kappa shape index (κ3) is 84.9. The zero-order chi connectivity index (χ0) is 79.4. The Bertz CT molecular complexity index is 2420. The van der Waals surface area contributed by atoms with Crippen molar-refractivity contribution in [3.63, 3.8) is 0 Å². The van der Waals surface area contributed by atoms with Gasteiger partial charge in [-0.2, -0.15) is 0 Å². The van der Waals surface area contributed by atoms with Gasteiger partial charge in [-0.1, -0.05) is 374 Å². The van der Waals surface area contributed by atoms with Crippen LogP contribution in [0.5, 0.6) is 0 Å². The molecule has 632 valence electrons. The van der Waals surface area contributed by atoms with Gasteiger partial charge in [-0.25, -0.2) is 9.13 Å². The largest absolute Gasteiger partial charge is 0.472 e. The second-order valence-electron chi connectivity index (χ2n) is 29.7. The van der Waals surface area contributed by atoms with Gasteiger partial charge in [0.1, 0.15) is 25.4 Å². The molecule has 0 amide bonds. The lowest BCUT2D eigenvalue weighted by Gasteiger charge is -2.21. The number of ether oxygens (including phenoxy) is 3. The van der Waals surface area contributed by atoms with E-state index in [0.29, 0.717) is 19.3 Å². The van der Waals surface area contributed by atoms with E-state index in [9.17, 15) is 43.5 Å². The van der Waals surface area contributed by atoms with Gasteiger partial charge in [0.2, 0.25) is 0 Å². The summed E-state index contributed by atoms with van der Waals surface area (Å²) in [7, 11) is -9.79. The van der Waals surface area contributed by atoms with E-state index in [2.05, 4.69) is 130 Å². The molecule has 0 aliphatic carbocycles. The fraction of sp³-hybridized carbons (Fsp3) is 0.769. The lowest BCUT2D eigenvalue weighted by atomic mass is 10.0. The molecule has 5 unspecified atom stereocenters. The Kier molecular flexibility index (Phi) is 80.7. The highest BCUT2D eigenvalue weighted by atomic mass is 31.2. The number of rotatable bonds is 84. The number of allylic oxidation sites excluding steroid dienone is 18. The predicted octanol–water partition coefficient (Wildman–Crippen LogP) is 26.7. The van der Waals surface area contributed by atoms with Gasteiger partial charge in [-0.15, -0.1) is 0 Å². The van der Waals surface area contributed by atoms with E-state index >= 15 is 0 Å². The molecule has 109 heavy (non-hydrogen) atoms. The number of phosphoric acid groups is 2. The van der Waals surface area contributed by atoms with Crippen LogP contribution in [0.3, 0.4) is 0 Å². The van der Waals surface area contributed by atoms with Gasteiger partial charge in [0.25, 0.3) is 0 Å². The number of phosphoric ester groups is 2. The topological polar surface area (TPSA) is 231 Å². The lowest BCUT2D eigenvalue weighted by Crippen LogP contribution is -2.30. The first kappa shape index (κ1) is 105. The molecule has 0 aromatic heterocycles. The van der Waals surface area contributed by atoms with Gasteiger partial charge in [0, 0.05) is 19.3 Å². The van der Waals surface area contributed by atoms with Crippen LogP contribution in [-0.2, 0) is 55.8 Å². The molecule has 0 aromatic rings. The Balaban J connectivity index is 4.44.